The molecule has 5 amide bonds. The molecule has 2 heterocycles. The lowest BCUT2D eigenvalue weighted by atomic mass is 9.98. The lowest BCUT2D eigenvalue weighted by molar-refractivity contribution is -0.384. The first-order valence-electron chi connectivity index (χ1n) is 43.9. The largest absolute Gasteiger partial charge is 0.345 e. The molecule has 16 aromatic rings. The molecule has 0 saturated heterocycles. The Morgan fingerprint density at radius 3 is 0.951 bits per heavy atom. The first kappa shape index (κ1) is 102. The van der Waals surface area contributed by atoms with E-state index in [2.05, 4.69) is 47.6 Å². The molecule has 142 heavy (non-hydrogen) atoms. The minimum atomic E-state index is -1.03. The number of aromatic nitrogens is 3. The molecule has 0 unspecified atom stereocenters. The van der Waals surface area contributed by atoms with Crippen LogP contribution < -0.4 is 26.6 Å². The van der Waals surface area contributed by atoms with Gasteiger partial charge >= 0.3 is 0 Å². The number of nitrogens with one attached hydrogen (secondary N) is 6. The lowest BCUT2D eigenvalue weighted by Gasteiger charge is -2.19. The highest BCUT2D eigenvalue weighted by Crippen LogP contribution is 2.33. The molecule has 0 fully saturated rings. The molecule has 6 N–H and O–H groups in total. The zero-order valence-corrected chi connectivity index (χ0v) is 77.2. The summed E-state index contributed by atoms with van der Waals surface area (Å²) in [5.74, 6) is -4.81. The van der Waals surface area contributed by atoms with E-state index in [0.717, 1.165) is 90.3 Å². The molecule has 0 radical (unpaired) electrons. The fourth-order valence-electron chi connectivity index (χ4n) is 14.6. The van der Waals surface area contributed by atoms with Gasteiger partial charge in [0.2, 0.25) is 0 Å². The number of aryl methyl sites for hydroxylation is 1. The summed E-state index contributed by atoms with van der Waals surface area (Å²) < 4.78 is 42.6. The van der Waals surface area contributed by atoms with Crippen LogP contribution in [-0.2, 0) is 24.0 Å². The summed E-state index contributed by atoms with van der Waals surface area (Å²) in [6.07, 6.45) is 11.4. The normalized spacial score (nSPS) is 11.2. The number of amides is 5. The second kappa shape index (κ2) is 52.2. The van der Waals surface area contributed by atoms with Gasteiger partial charge in [0.1, 0.15) is 75.7 Å². The van der Waals surface area contributed by atoms with Crippen molar-refractivity contribution in [3.63, 3.8) is 0 Å². The molecule has 0 bridgehead atoms. The van der Waals surface area contributed by atoms with Crippen molar-refractivity contribution in [2.75, 3.05) is 0 Å². The van der Waals surface area contributed by atoms with Crippen LogP contribution in [0.15, 0.2) is 429 Å². The Hall–Kier alpha value is -19.0. The molecule has 0 aliphatic heterocycles. The van der Waals surface area contributed by atoms with Crippen LogP contribution in [0.4, 0.5) is 18.9 Å². The van der Waals surface area contributed by atoms with Crippen LogP contribution >= 0.6 is 23.2 Å². The zero-order chi connectivity index (χ0) is 100. The van der Waals surface area contributed by atoms with Crippen molar-refractivity contribution >= 4 is 99.7 Å². The predicted octanol–water partition coefficient (Wildman–Crippen LogP) is 23.7. The second-order valence-corrected chi connectivity index (χ2v) is 31.9. The number of nitro benzene ring substituents is 1. The molecule has 26 heteroatoms. The Morgan fingerprint density at radius 1 is 0.338 bits per heavy atom. The maximum Gasteiger partial charge on any atom is 0.269 e. The van der Waals surface area contributed by atoms with E-state index >= 15 is 0 Å². The van der Waals surface area contributed by atoms with Gasteiger partial charge in [0.25, 0.3) is 35.2 Å². The Labute approximate surface area is 827 Å². The number of fused-ring (bicyclic) bond motifs is 1. The molecule has 0 aliphatic carbocycles. The zero-order valence-electron chi connectivity index (χ0n) is 75.7. The summed E-state index contributed by atoms with van der Waals surface area (Å²) in [7, 11) is 0. The number of hydrogen-bond donors (Lipinski definition) is 6. The number of carbonyl (C=O) groups is 5. The van der Waals surface area contributed by atoms with Gasteiger partial charge in [-0.15, -0.1) is 0 Å². The Kier molecular flexibility index (Phi) is 37.4. The average Bonchev–Trinajstić information content (AvgIpc) is 1.06. The van der Waals surface area contributed by atoms with Crippen molar-refractivity contribution in [2.24, 2.45) is 0 Å². The summed E-state index contributed by atoms with van der Waals surface area (Å²) in [5, 5.41) is 73.4. The maximum atomic E-state index is 14.4. The molecule has 0 atom stereocenters. The van der Waals surface area contributed by atoms with Gasteiger partial charge in [0.15, 0.2) is 5.82 Å². The third-order valence-corrected chi connectivity index (χ3v) is 22.3. The fraction of sp³-hybridized carbons (Fsp3) is 0.0517. The fourth-order valence-corrected chi connectivity index (χ4v) is 14.9. The van der Waals surface area contributed by atoms with Crippen molar-refractivity contribution in [1.29, 1.82) is 26.3 Å². The minimum Gasteiger partial charge on any atom is -0.345 e. The first-order chi connectivity index (χ1) is 69.1. The van der Waals surface area contributed by atoms with Gasteiger partial charge in [-0.3, -0.25) is 39.1 Å². The van der Waals surface area contributed by atoms with Crippen molar-refractivity contribution in [1.82, 2.24) is 41.5 Å². The van der Waals surface area contributed by atoms with E-state index in [-0.39, 0.29) is 55.7 Å². The van der Waals surface area contributed by atoms with Gasteiger partial charge in [-0.05, 0) is 146 Å². The van der Waals surface area contributed by atoms with Crippen LogP contribution in [0, 0.1) is 91.1 Å². The number of pyridine rings is 1. The summed E-state index contributed by atoms with van der Waals surface area (Å²) in [5.41, 5.74) is 10.1. The molecule has 696 valence electrons. The second-order valence-electron chi connectivity index (χ2n) is 31.1. The van der Waals surface area contributed by atoms with Crippen LogP contribution in [0.25, 0.3) is 41.3 Å². The van der Waals surface area contributed by atoms with E-state index in [9.17, 15) is 73.6 Å². The molecule has 21 nitrogen and oxygen atoms in total. The van der Waals surface area contributed by atoms with E-state index in [4.69, 9.17) is 23.2 Å². The number of benzene rings is 14. The number of nitro groups is 1. The molecular formula is C116H85Cl2F3N14O7. The number of halogens is 5. The van der Waals surface area contributed by atoms with Crippen molar-refractivity contribution in [3.8, 4) is 30.3 Å². The Balaban J connectivity index is 0.000000159. The van der Waals surface area contributed by atoms with Crippen LogP contribution in [-0.4, -0.2) is 49.4 Å². The minimum absolute atomic E-state index is 0.00758. The van der Waals surface area contributed by atoms with E-state index in [0.29, 0.717) is 17.0 Å². The van der Waals surface area contributed by atoms with Crippen LogP contribution in [0.1, 0.15) is 119 Å². The number of carbonyl (C=O) groups excluding carboxylic acids is 5. The Bertz CT molecular complexity index is 7080. The van der Waals surface area contributed by atoms with Crippen molar-refractivity contribution in [3.05, 3.63) is 556 Å². The standard InChI is InChI=1S/C26H19N3O.C24H18ClFN2O.C23H15ClF2N2O.C23H17N3O3.C20H16N4O/c27-18-22(17-21-15-16-28-24-14-8-7-13-23(21)24)26(30)29-25(19-9-3-1-4-10-19)20-11-5-2-6-12-20;1-16-12-13-21(25)20(22(16)26)14-19(15-27)24(29)28-23(17-8-4-2-5-9-17)18-10-6-3-7-11-18;24-19-11-12-20(25)18(21(19)26)13-17(14-27)23(29)28-22(15-7-3-1-4-8-15)16-9-5-2-6-10-16;24-16-20(15-17-11-13-21(14-12-17)26(28)29)23(27)25-22(18-7-3-1-4-8-18)19-9-5-2-6-10-19;21-14-17(13-18-22-11-12-23-18)20(25)24-19(15-7-3-1-4-8-15)16-9-5-2-6-10-16/h1-17,25H,(H,29,30);2-14,23H,1H3,(H,28,29);1-13,22H,(H,28,29);1-15,22H,(H,25,27);1-13,19H,(H,22,23)(H,24,25)/b22-17+;19-14+;17-13+;20-15+;17-13+. The van der Waals surface area contributed by atoms with Gasteiger partial charge in [0, 0.05) is 53.3 Å². The first-order valence-corrected chi connectivity index (χ1v) is 44.7. The van der Waals surface area contributed by atoms with E-state index in [1.54, 1.807) is 49.8 Å². The number of imidazole rings is 1. The summed E-state index contributed by atoms with van der Waals surface area (Å²) in [4.78, 5) is 85.6. The van der Waals surface area contributed by atoms with Crippen LogP contribution in [0.2, 0.25) is 10.0 Å². The average molecular weight is 1910 g/mol. The van der Waals surface area contributed by atoms with Crippen LogP contribution in [0.3, 0.4) is 0 Å². The van der Waals surface area contributed by atoms with Gasteiger partial charge in [-0.2, -0.15) is 26.3 Å². The third-order valence-electron chi connectivity index (χ3n) is 21.7. The third kappa shape index (κ3) is 28.5. The van der Waals surface area contributed by atoms with E-state index in [1.807, 2.05) is 346 Å². The summed E-state index contributed by atoms with van der Waals surface area (Å²) >= 11 is 11.8. The quantitative estimate of drug-likeness (QED) is 0.00965. The van der Waals surface area contributed by atoms with Gasteiger partial charge in [-0.25, -0.2) is 18.2 Å². The molecule has 0 spiro atoms. The molecule has 0 saturated carbocycles. The topological polar surface area (TPSA) is 349 Å². The number of aromatic amines is 1. The van der Waals surface area contributed by atoms with Crippen LogP contribution in [0.5, 0.6) is 0 Å². The molecule has 14 aromatic carbocycles. The SMILES string of the molecule is Cc1ccc(Cl)c(/C=C(\C#N)C(=O)NC(c2ccccc2)c2ccccc2)c1F.N#C/C(=C\c1c(F)ccc(Cl)c1F)C(=O)NC(c1ccccc1)c1ccccc1.N#C/C(=C\c1ccc([N+](=O)[O-])cc1)C(=O)NC(c1ccccc1)c1ccccc1.N#C/C(=C\c1ccnc2ccccc12)C(=O)NC(c1ccccc1)c1ccccc1.N#C/C(=C\c1ncc[nH]1)C(=O)NC(c1ccccc1)c1ccccc1. The lowest BCUT2D eigenvalue weighted by Crippen LogP contribution is -2.30. The number of nitriles is 5. The number of hydrogen-bond acceptors (Lipinski definition) is 14. The van der Waals surface area contributed by atoms with Gasteiger partial charge in [-0.1, -0.05) is 351 Å². The monoisotopic (exact) mass is 1910 g/mol. The van der Waals surface area contributed by atoms with E-state index in [1.165, 1.54) is 48.6 Å². The number of nitrogens with zero attached hydrogens (tertiary/aromatic N) is 8. The number of para-hydroxylation sites is 1. The van der Waals surface area contributed by atoms with E-state index < -0.39 is 81.2 Å². The molecular weight excluding hydrogens is 1830 g/mol. The molecule has 0 aliphatic rings. The highest BCUT2D eigenvalue weighted by molar-refractivity contribution is 6.32. The predicted molar refractivity (Wildman–Crippen MR) is 543 cm³/mol. The van der Waals surface area contributed by atoms with Gasteiger partial charge in [0.05, 0.1) is 50.7 Å². The maximum absolute atomic E-state index is 14.4. The van der Waals surface area contributed by atoms with Crippen molar-refractivity contribution in [2.45, 2.75) is 37.1 Å². The number of rotatable bonds is 26. The highest BCUT2D eigenvalue weighted by atomic mass is 35.5. The summed E-state index contributed by atoms with van der Waals surface area (Å²) in [6.45, 7) is 1.59. The smallest absolute Gasteiger partial charge is 0.269 e. The van der Waals surface area contributed by atoms with Gasteiger partial charge < -0.3 is 31.6 Å². The molecule has 2 aromatic heterocycles. The molecule has 16 rings (SSSR count). The highest BCUT2D eigenvalue weighted by Gasteiger charge is 2.27. The Morgan fingerprint density at radius 2 is 0.634 bits per heavy atom. The van der Waals surface area contributed by atoms with Crippen molar-refractivity contribution < 1.29 is 42.1 Å². The number of H-pyrrole nitrogens is 1. The summed E-state index contributed by atoms with van der Waals surface area (Å²) in [6, 6.07) is 122. The number of non-ortho nitro benzene ring substituents is 1.